The SMILES string of the molecule is CCS(=O)(=O)N1CC[C@H](c2noc(-c3ccco3)n2)C1. The zero-order valence-electron chi connectivity index (χ0n) is 11.0. The molecule has 3 heterocycles. The number of rotatable bonds is 4. The van der Waals surface area contributed by atoms with Gasteiger partial charge in [0.2, 0.25) is 10.0 Å². The van der Waals surface area contributed by atoms with Crippen LogP contribution in [0.1, 0.15) is 25.1 Å². The second-order valence-electron chi connectivity index (χ2n) is 4.68. The molecule has 8 heteroatoms. The summed E-state index contributed by atoms with van der Waals surface area (Å²) in [5, 5.41) is 3.93. The maximum absolute atomic E-state index is 11.8. The van der Waals surface area contributed by atoms with Gasteiger partial charge in [-0.25, -0.2) is 12.7 Å². The van der Waals surface area contributed by atoms with E-state index in [-0.39, 0.29) is 11.7 Å². The van der Waals surface area contributed by atoms with Crippen LogP contribution < -0.4 is 0 Å². The van der Waals surface area contributed by atoms with Crippen molar-refractivity contribution < 1.29 is 17.4 Å². The highest BCUT2D eigenvalue weighted by Crippen LogP contribution is 2.28. The summed E-state index contributed by atoms with van der Waals surface area (Å²) >= 11 is 0. The minimum atomic E-state index is -3.15. The Balaban J connectivity index is 1.76. The summed E-state index contributed by atoms with van der Waals surface area (Å²) in [5.41, 5.74) is 0. The van der Waals surface area contributed by atoms with Gasteiger partial charge in [0.15, 0.2) is 11.6 Å². The fourth-order valence-corrected chi connectivity index (χ4v) is 3.43. The average molecular weight is 297 g/mol. The lowest BCUT2D eigenvalue weighted by Crippen LogP contribution is -2.30. The van der Waals surface area contributed by atoms with E-state index in [0.29, 0.717) is 37.0 Å². The Hall–Kier alpha value is -1.67. The van der Waals surface area contributed by atoms with E-state index in [2.05, 4.69) is 10.1 Å². The van der Waals surface area contributed by atoms with E-state index >= 15 is 0 Å². The number of nitrogens with zero attached hydrogens (tertiary/aromatic N) is 3. The zero-order valence-corrected chi connectivity index (χ0v) is 11.8. The van der Waals surface area contributed by atoms with Crippen molar-refractivity contribution in [1.29, 1.82) is 0 Å². The highest BCUT2D eigenvalue weighted by atomic mass is 32.2. The third-order valence-electron chi connectivity index (χ3n) is 3.45. The lowest BCUT2D eigenvalue weighted by molar-refractivity contribution is 0.403. The van der Waals surface area contributed by atoms with Crippen LogP contribution in [0.5, 0.6) is 0 Å². The summed E-state index contributed by atoms with van der Waals surface area (Å²) in [7, 11) is -3.15. The summed E-state index contributed by atoms with van der Waals surface area (Å²) in [6.45, 7) is 2.56. The molecule has 20 heavy (non-hydrogen) atoms. The normalized spacial score (nSPS) is 20.6. The molecule has 0 aliphatic carbocycles. The van der Waals surface area contributed by atoms with E-state index in [1.807, 2.05) is 0 Å². The number of aromatic nitrogens is 2. The third-order valence-corrected chi connectivity index (χ3v) is 5.30. The molecule has 0 saturated carbocycles. The molecular formula is C12H15N3O4S. The third kappa shape index (κ3) is 2.36. The first-order chi connectivity index (χ1) is 9.60. The van der Waals surface area contributed by atoms with E-state index < -0.39 is 10.0 Å². The van der Waals surface area contributed by atoms with Crippen molar-refractivity contribution in [3.63, 3.8) is 0 Å². The topological polar surface area (TPSA) is 89.4 Å². The standard InChI is InChI=1S/C12H15N3O4S/c1-2-20(16,17)15-6-5-9(8-15)11-13-12(19-14-11)10-4-3-7-18-10/h3-4,7,9H,2,5-6,8H2,1H3/t9-/m0/s1. The quantitative estimate of drug-likeness (QED) is 0.849. The zero-order chi connectivity index (χ0) is 14.2. The molecule has 2 aromatic heterocycles. The van der Waals surface area contributed by atoms with E-state index in [1.54, 1.807) is 19.1 Å². The van der Waals surface area contributed by atoms with Crippen molar-refractivity contribution in [2.24, 2.45) is 0 Å². The summed E-state index contributed by atoms with van der Waals surface area (Å²) in [6.07, 6.45) is 2.24. The Morgan fingerprint density at radius 2 is 2.35 bits per heavy atom. The highest BCUT2D eigenvalue weighted by molar-refractivity contribution is 7.89. The summed E-state index contributed by atoms with van der Waals surface area (Å²) in [5.74, 6) is 1.46. The van der Waals surface area contributed by atoms with Crippen molar-refractivity contribution in [3.8, 4) is 11.7 Å². The predicted molar refractivity (Wildman–Crippen MR) is 70.4 cm³/mol. The van der Waals surface area contributed by atoms with Crippen molar-refractivity contribution in [2.45, 2.75) is 19.3 Å². The minimum Gasteiger partial charge on any atom is -0.459 e. The van der Waals surface area contributed by atoms with E-state index in [1.165, 1.54) is 10.6 Å². The van der Waals surface area contributed by atoms with Crippen LogP contribution in [0.3, 0.4) is 0 Å². The molecule has 108 valence electrons. The minimum absolute atomic E-state index is 0.0243. The Labute approximate surface area is 116 Å². The predicted octanol–water partition coefficient (Wildman–Crippen LogP) is 1.47. The summed E-state index contributed by atoms with van der Waals surface area (Å²) in [6, 6.07) is 3.48. The number of hydrogen-bond donors (Lipinski definition) is 0. The Morgan fingerprint density at radius 1 is 1.50 bits per heavy atom. The largest absolute Gasteiger partial charge is 0.459 e. The van der Waals surface area contributed by atoms with Crippen molar-refractivity contribution in [2.75, 3.05) is 18.8 Å². The molecule has 0 N–H and O–H groups in total. The summed E-state index contributed by atoms with van der Waals surface area (Å²) in [4.78, 5) is 4.28. The van der Waals surface area contributed by atoms with Gasteiger partial charge in [0, 0.05) is 19.0 Å². The van der Waals surface area contributed by atoms with Crippen molar-refractivity contribution in [1.82, 2.24) is 14.4 Å². The molecule has 0 unspecified atom stereocenters. The van der Waals surface area contributed by atoms with Crippen LogP contribution in [-0.4, -0.2) is 41.7 Å². The van der Waals surface area contributed by atoms with Crippen LogP contribution in [-0.2, 0) is 10.0 Å². The average Bonchev–Trinajstić information content (AvgIpc) is 3.17. The highest BCUT2D eigenvalue weighted by Gasteiger charge is 2.33. The van der Waals surface area contributed by atoms with Gasteiger partial charge < -0.3 is 8.94 Å². The van der Waals surface area contributed by atoms with Gasteiger partial charge in [0.1, 0.15) is 0 Å². The van der Waals surface area contributed by atoms with Gasteiger partial charge in [-0.15, -0.1) is 0 Å². The molecule has 0 spiro atoms. The van der Waals surface area contributed by atoms with Crippen molar-refractivity contribution in [3.05, 3.63) is 24.2 Å². The molecule has 0 radical (unpaired) electrons. The first kappa shape index (κ1) is 13.3. The first-order valence-corrected chi connectivity index (χ1v) is 8.06. The maximum Gasteiger partial charge on any atom is 0.293 e. The van der Waals surface area contributed by atoms with Crippen LogP contribution in [0, 0.1) is 0 Å². The van der Waals surface area contributed by atoms with Crippen LogP contribution in [0.25, 0.3) is 11.7 Å². The van der Waals surface area contributed by atoms with Gasteiger partial charge in [0.05, 0.1) is 12.0 Å². The number of furan rings is 1. The molecule has 0 amide bonds. The number of hydrogen-bond acceptors (Lipinski definition) is 6. The smallest absolute Gasteiger partial charge is 0.293 e. The van der Waals surface area contributed by atoms with Gasteiger partial charge in [-0.05, 0) is 25.5 Å². The molecule has 2 aromatic rings. The summed E-state index contributed by atoms with van der Waals surface area (Å²) < 4.78 is 35.5. The molecular weight excluding hydrogens is 282 g/mol. The molecule has 1 atom stereocenters. The van der Waals surface area contributed by atoms with Crippen LogP contribution in [0.2, 0.25) is 0 Å². The monoisotopic (exact) mass is 297 g/mol. The fraction of sp³-hybridized carbons (Fsp3) is 0.500. The van der Waals surface area contributed by atoms with Gasteiger partial charge in [-0.2, -0.15) is 4.98 Å². The molecule has 3 rings (SSSR count). The Bertz CT molecular complexity index is 677. The molecule has 1 fully saturated rings. The number of sulfonamides is 1. The lowest BCUT2D eigenvalue weighted by atomic mass is 10.1. The van der Waals surface area contributed by atoms with Gasteiger partial charge in [-0.3, -0.25) is 0 Å². The lowest BCUT2D eigenvalue weighted by Gasteiger charge is -2.13. The van der Waals surface area contributed by atoms with Crippen LogP contribution >= 0.6 is 0 Å². The molecule has 7 nitrogen and oxygen atoms in total. The Kier molecular flexibility index (Phi) is 3.35. The molecule has 1 saturated heterocycles. The van der Waals surface area contributed by atoms with Crippen molar-refractivity contribution >= 4 is 10.0 Å². The van der Waals surface area contributed by atoms with E-state index in [4.69, 9.17) is 8.94 Å². The first-order valence-electron chi connectivity index (χ1n) is 6.45. The Morgan fingerprint density at radius 3 is 3.05 bits per heavy atom. The van der Waals surface area contributed by atoms with Gasteiger partial charge >= 0.3 is 0 Å². The molecule has 1 aliphatic rings. The molecule has 0 aromatic carbocycles. The maximum atomic E-state index is 11.8. The van der Waals surface area contributed by atoms with E-state index in [9.17, 15) is 8.42 Å². The molecule has 1 aliphatic heterocycles. The van der Waals surface area contributed by atoms with E-state index in [0.717, 1.165) is 0 Å². The molecule has 0 bridgehead atoms. The van der Waals surface area contributed by atoms with Gasteiger partial charge in [-0.1, -0.05) is 5.16 Å². The second-order valence-corrected chi connectivity index (χ2v) is 6.94. The fourth-order valence-electron chi connectivity index (χ4n) is 2.28. The van der Waals surface area contributed by atoms with Crippen LogP contribution in [0.15, 0.2) is 27.3 Å². The van der Waals surface area contributed by atoms with Gasteiger partial charge in [0.25, 0.3) is 5.89 Å². The second kappa shape index (κ2) is 5.02. The van der Waals surface area contributed by atoms with Crippen LogP contribution in [0.4, 0.5) is 0 Å².